The summed E-state index contributed by atoms with van der Waals surface area (Å²) >= 11 is 0. The van der Waals surface area contributed by atoms with Crippen molar-refractivity contribution in [1.29, 1.82) is 0 Å². The fourth-order valence-corrected chi connectivity index (χ4v) is 12.1. The monoisotopic (exact) mass is 618 g/mol. The van der Waals surface area contributed by atoms with Crippen LogP contribution in [-0.2, 0) is 12.3 Å². The molecule has 0 radical (unpaired) electrons. The molecule has 3 unspecified atom stereocenters. The fraction of sp³-hybridized carbons (Fsp3) is 0.146. The zero-order chi connectivity index (χ0) is 30.3. The molecule has 0 saturated heterocycles. The van der Waals surface area contributed by atoms with Crippen molar-refractivity contribution in [1.82, 2.24) is 4.98 Å². The Hall–Kier alpha value is -4.09. The first-order valence-electron chi connectivity index (χ1n) is 15.8. The molecule has 3 atom stereocenters. The van der Waals surface area contributed by atoms with Crippen LogP contribution in [0.25, 0.3) is 21.8 Å². The van der Waals surface area contributed by atoms with E-state index in [-0.39, 0.29) is 6.04 Å². The summed E-state index contributed by atoms with van der Waals surface area (Å²) < 4.78 is 0. The maximum atomic E-state index is 5.55. The molecule has 8 rings (SSSR count). The van der Waals surface area contributed by atoms with Crippen LogP contribution in [0, 0.1) is 6.92 Å². The molecule has 1 aliphatic carbocycles. The number of nitrogens with one attached hydrogen (secondary N) is 1. The molecule has 0 spiro atoms. The summed E-state index contributed by atoms with van der Waals surface area (Å²) in [5.74, 6) is 0. The molecule has 1 aromatic heterocycles. The molecule has 2 bridgehead atoms. The molecule has 5 aromatic carbocycles. The molecule has 4 heteroatoms. The van der Waals surface area contributed by atoms with Gasteiger partial charge in [0.2, 0.25) is 0 Å². The van der Waals surface area contributed by atoms with Crippen LogP contribution in [-0.4, -0.2) is 11.0 Å². The van der Waals surface area contributed by atoms with Gasteiger partial charge < -0.3 is 5.32 Å². The molecule has 1 aliphatic heterocycles. The number of para-hydroxylation sites is 2. The maximum absolute atomic E-state index is 5.55. The lowest BCUT2D eigenvalue weighted by atomic mass is 10.0. The zero-order valence-corrected chi connectivity index (χ0v) is 27.5. The molecule has 0 amide bonds. The molecule has 220 valence electrons. The third-order valence-corrected chi connectivity index (χ3v) is 14.3. The van der Waals surface area contributed by atoms with Crippen LogP contribution in [0.3, 0.4) is 0 Å². The predicted octanol–water partition coefficient (Wildman–Crippen LogP) is 9.66. The van der Waals surface area contributed by atoms with Crippen molar-refractivity contribution < 1.29 is 0 Å². The van der Waals surface area contributed by atoms with Gasteiger partial charge in [0.25, 0.3) is 0 Å². The van der Waals surface area contributed by atoms with E-state index in [1.807, 2.05) is 0 Å². The van der Waals surface area contributed by atoms with E-state index in [1.54, 1.807) is 0 Å². The van der Waals surface area contributed by atoms with Gasteiger partial charge >= 0.3 is 0 Å². The standard InChI is InChI=1S/C41H36N2P2/c1-28-19-21-36-38(23-28)44(34-15-5-3-6-16-34)26-32-13-9-11-30-25-31-12-10-14-33(41(31)43-40(30)32)27-45(35-17-7-4-8-18-35)39-24-29(2)20-22-37(39)42-36/h3-21,23-25,37,42H,22,26-27H2,1-2H3. The number of hydrogen-bond acceptors (Lipinski definition) is 2. The van der Waals surface area contributed by atoms with Crippen LogP contribution in [0.1, 0.15) is 30.0 Å². The second-order valence-electron chi connectivity index (χ2n) is 12.3. The number of fused-ring (bicyclic) bond motifs is 2. The number of hydrogen-bond donors (Lipinski definition) is 1. The van der Waals surface area contributed by atoms with E-state index in [4.69, 9.17) is 4.98 Å². The molecule has 1 N–H and O–H groups in total. The van der Waals surface area contributed by atoms with E-state index in [9.17, 15) is 0 Å². The van der Waals surface area contributed by atoms with Crippen molar-refractivity contribution in [2.75, 3.05) is 5.32 Å². The number of nitrogens with zero attached hydrogens (tertiary/aromatic N) is 1. The Bertz CT molecular complexity index is 2100. The molecule has 45 heavy (non-hydrogen) atoms. The SMILES string of the molecule is CC1=CCC2Nc3ccc(C)cc3P(c3ccccc3)Cc3cccc4cc5cccc(c5nc34)CP(c3ccccc3)C2=C1. The summed E-state index contributed by atoms with van der Waals surface area (Å²) in [6.07, 6.45) is 7.77. The minimum atomic E-state index is -0.707. The Balaban J connectivity index is 1.42. The Morgan fingerprint density at radius 2 is 1.27 bits per heavy atom. The van der Waals surface area contributed by atoms with Gasteiger partial charge in [0.05, 0.1) is 17.1 Å². The molecule has 2 nitrogen and oxygen atoms in total. The molecular weight excluding hydrogens is 582 g/mol. The molecule has 2 aliphatic rings. The molecule has 6 aromatic rings. The number of benzene rings is 5. The number of aryl methyl sites for hydroxylation is 1. The van der Waals surface area contributed by atoms with Crippen molar-refractivity contribution in [3.63, 3.8) is 0 Å². The van der Waals surface area contributed by atoms with Crippen LogP contribution in [0.5, 0.6) is 0 Å². The van der Waals surface area contributed by atoms with Crippen molar-refractivity contribution in [2.24, 2.45) is 0 Å². The zero-order valence-electron chi connectivity index (χ0n) is 25.7. The Morgan fingerprint density at radius 3 is 1.93 bits per heavy atom. The summed E-state index contributed by atoms with van der Waals surface area (Å²) in [6, 6.07) is 45.5. The largest absolute Gasteiger partial charge is 0.377 e. The van der Waals surface area contributed by atoms with Crippen molar-refractivity contribution in [3.8, 4) is 0 Å². The van der Waals surface area contributed by atoms with E-state index in [2.05, 4.69) is 153 Å². The van der Waals surface area contributed by atoms with Gasteiger partial charge in [-0.15, -0.1) is 0 Å². The van der Waals surface area contributed by atoms with Crippen molar-refractivity contribution in [3.05, 3.63) is 161 Å². The highest BCUT2D eigenvalue weighted by molar-refractivity contribution is 7.72. The van der Waals surface area contributed by atoms with Crippen LogP contribution in [0.4, 0.5) is 5.69 Å². The molecule has 2 heterocycles. The van der Waals surface area contributed by atoms with E-state index >= 15 is 0 Å². The van der Waals surface area contributed by atoms with Crippen LogP contribution in [0.15, 0.2) is 144 Å². The minimum Gasteiger partial charge on any atom is -0.377 e. The van der Waals surface area contributed by atoms with Gasteiger partial charge in [0, 0.05) is 34.1 Å². The highest BCUT2D eigenvalue weighted by Crippen LogP contribution is 2.52. The average molecular weight is 619 g/mol. The van der Waals surface area contributed by atoms with Gasteiger partial charge in [0.15, 0.2) is 0 Å². The fourth-order valence-electron chi connectivity index (χ4n) is 6.86. The molecule has 0 saturated carbocycles. The minimum absolute atomic E-state index is 0.221. The molecular formula is C41H36N2P2. The Labute approximate surface area is 268 Å². The van der Waals surface area contributed by atoms with E-state index in [1.165, 1.54) is 60.0 Å². The second kappa shape index (κ2) is 12.0. The number of aromatic nitrogens is 1. The Morgan fingerprint density at radius 1 is 0.644 bits per heavy atom. The quantitative estimate of drug-likeness (QED) is 0.154. The Kier molecular flexibility index (Phi) is 7.58. The van der Waals surface area contributed by atoms with Gasteiger partial charge in [0.1, 0.15) is 0 Å². The van der Waals surface area contributed by atoms with Crippen LogP contribution >= 0.6 is 15.8 Å². The smallest absolute Gasteiger partial charge is 0.0745 e. The van der Waals surface area contributed by atoms with Gasteiger partial charge in [-0.2, -0.15) is 0 Å². The van der Waals surface area contributed by atoms with Gasteiger partial charge in [-0.05, 0) is 81.4 Å². The summed E-state index contributed by atoms with van der Waals surface area (Å²) in [5.41, 5.74) is 8.86. The first kappa shape index (κ1) is 28.4. The van der Waals surface area contributed by atoms with E-state index in [0.717, 1.165) is 29.8 Å². The maximum Gasteiger partial charge on any atom is 0.0745 e. The average Bonchev–Trinajstić information content (AvgIpc) is 3.07. The summed E-state index contributed by atoms with van der Waals surface area (Å²) in [7, 11) is -1.37. The van der Waals surface area contributed by atoms with Gasteiger partial charge in [-0.1, -0.05) is 126 Å². The highest BCUT2D eigenvalue weighted by atomic mass is 31.1. The van der Waals surface area contributed by atoms with Crippen LogP contribution < -0.4 is 21.2 Å². The lowest BCUT2D eigenvalue weighted by Gasteiger charge is -2.33. The lowest BCUT2D eigenvalue weighted by Crippen LogP contribution is -2.28. The summed E-state index contributed by atoms with van der Waals surface area (Å²) in [4.78, 5) is 5.55. The third-order valence-electron chi connectivity index (χ3n) is 9.12. The second-order valence-corrected chi connectivity index (χ2v) is 16.7. The van der Waals surface area contributed by atoms with E-state index in [0.29, 0.717) is 0 Å². The van der Waals surface area contributed by atoms with Gasteiger partial charge in [-0.25, -0.2) is 4.98 Å². The van der Waals surface area contributed by atoms with Crippen molar-refractivity contribution in [2.45, 2.75) is 38.6 Å². The predicted molar refractivity (Wildman–Crippen MR) is 197 cm³/mol. The number of allylic oxidation sites excluding steroid dienone is 2. The first-order chi connectivity index (χ1) is 22.1. The highest BCUT2D eigenvalue weighted by Gasteiger charge is 2.29. The van der Waals surface area contributed by atoms with Gasteiger partial charge in [-0.3, -0.25) is 0 Å². The molecule has 0 fully saturated rings. The summed E-state index contributed by atoms with van der Waals surface area (Å²) in [5, 5.41) is 12.4. The van der Waals surface area contributed by atoms with E-state index < -0.39 is 15.8 Å². The number of rotatable bonds is 2. The van der Waals surface area contributed by atoms with Crippen LogP contribution in [0.2, 0.25) is 0 Å². The third kappa shape index (κ3) is 5.52. The number of pyridine rings is 1. The number of anilines is 1. The first-order valence-corrected chi connectivity index (χ1v) is 18.9. The summed E-state index contributed by atoms with van der Waals surface area (Å²) in [6.45, 7) is 4.48. The normalized spacial score (nSPS) is 19.7. The topological polar surface area (TPSA) is 24.9 Å². The van der Waals surface area contributed by atoms with Crippen molar-refractivity contribution >= 4 is 59.3 Å². The lowest BCUT2D eigenvalue weighted by molar-refractivity contribution is 0.858.